The summed E-state index contributed by atoms with van der Waals surface area (Å²) in [5.41, 5.74) is 0.483. The fourth-order valence-electron chi connectivity index (χ4n) is 3.98. The van der Waals surface area contributed by atoms with Gasteiger partial charge in [-0.3, -0.25) is 9.69 Å². The lowest BCUT2D eigenvalue weighted by Crippen LogP contribution is -2.52. The summed E-state index contributed by atoms with van der Waals surface area (Å²) in [6.07, 6.45) is 0. The Morgan fingerprint density at radius 3 is 2.53 bits per heavy atom. The van der Waals surface area contributed by atoms with Crippen LogP contribution in [0.5, 0.6) is 11.5 Å². The lowest BCUT2D eigenvalue weighted by Gasteiger charge is -2.39. The van der Waals surface area contributed by atoms with Gasteiger partial charge in [0.05, 0.1) is 18.1 Å². The number of piperazine rings is 1. The van der Waals surface area contributed by atoms with Crippen LogP contribution in [-0.4, -0.2) is 61.4 Å². The maximum Gasteiger partial charge on any atom is 0.312 e. The van der Waals surface area contributed by atoms with Gasteiger partial charge in [-0.2, -0.15) is 0 Å². The number of hydrogen-bond donors (Lipinski definition) is 0. The molecule has 1 saturated heterocycles. The Balaban J connectivity index is 1.59. The van der Waals surface area contributed by atoms with Crippen LogP contribution in [0.1, 0.15) is 19.4 Å². The lowest BCUT2D eigenvalue weighted by atomic mass is 9.92. The molecule has 0 unspecified atom stereocenters. The molecule has 30 heavy (non-hydrogen) atoms. The Bertz CT molecular complexity index is 981. The van der Waals surface area contributed by atoms with Gasteiger partial charge in [0.15, 0.2) is 5.75 Å². The lowest BCUT2D eigenvalue weighted by molar-refractivity contribution is -0.152. The van der Waals surface area contributed by atoms with Crippen molar-refractivity contribution in [3.63, 3.8) is 0 Å². The zero-order chi connectivity index (χ0) is 21.3. The number of aliphatic imine (C=N–C) groups is 1. The fourth-order valence-corrected chi connectivity index (χ4v) is 3.98. The van der Waals surface area contributed by atoms with Crippen LogP contribution in [0.15, 0.2) is 47.5 Å². The van der Waals surface area contributed by atoms with Crippen LogP contribution < -0.4 is 4.74 Å². The summed E-state index contributed by atoms with van der Waals surface area (Å²) in [4.78, 5) is 21.1. The zero-order valence-electron chi connectivity index (χ0n) is 17.5. The van der Waals surface area contributed by atoms with Crippen LogP contribution in [0.4, 0.5) is 10.1 Å². The van der Waals surface area contributed by atoms with Gasteiger partial charge in [-0.15, -0.1) is 0 Å². The number of carbonyl (C=O) groups excluding carboxylic acids is 1. The van der Waals surface area contributed by atoms with Crippen molar-refractivity contribution in [2.75, 3.05) is 39.8 Å². The SMILES string of the molecule is COC(=O)C(C)(C)CN1CCN(C2=Nc3ccccc3Oc3cccc(F)c32)CC1. The number of ether oxygens (including phenoxy) is 2. The maximum atomic E-state index is 14.9. The number of rotatable bonds is 3. The number of nitrogens with zero attached hydrogens (tertiary/aromatic N) is 3. The molecular weight excluding hydrogens is 385 g/mol. The van der Waals surface area contributed by atoms with E-state index in [-0.39, 0.29) is 11.8 Å². The van der Waals surface area contributed by atoms with E-state index in [2.05, 4.69) is 9.80 Å². The number of carbonyl (C=O) groups is 1. The second-order valence-corrected chi connectivity index (χ2v) is 8.26. The highest BCUT2D eigenvalue weighted by molar-refractivity contribution is 6.04. The quantitative estimate of drug-likeness (QED) is 0.719. The van der Waals surface area contributed by atoms with Crippen molar-refractivity contribution in [1.82, 2.24) is 9.80 Å². The maximum absolute atomic E-state index is 14.9. The summed E-state index contributed by atoms with van der Waals surface area (Å²) >= 11 is 0. The third-order valence-electron chi connectivity index (χ3n) is 5.54. The Kier molecular flexibility index (Phi) is 5.47. The minimum atomic E-state index is -0.581. The molecule has 0 bridgehead atoms. The highest BCUT2D eigenvalue weighted by Gasteiger charge is 2.34. The van der Waals surface area contributed by atoms with E-state index in [9.17, 15) is 9.18 Å². The van der Waals surface area contributed by atoms with Gasteiger partial charge in [0.1, 0.15) is 23.1 Å². The van der Waals surface area contributed by atoms with Gasteiger partial charge in [0, 0.05) is 32.7 Å². The van der Waals surface area contributed by atoms with Crippen molar-refractivity contribution in [2.24, 2.45) is 10.4 Å². The molecule has 0 saturated carbocycles. The summed E-state index contributed by atoms with van der Waals surface area (Å²) < 4.78 is 25.8. The van der Waals surface area contributed by atoms with Crippen LogP contribution in [0.2, 0.25) is 0 Å². The number of para-hydroxylation sites is 2. The molecule has 2 aromatic carbocycles. The average Bonchev–Trinajstić information content (AvgIpc) is 2.91. The molecule has 0 aliphatic carbocycles. The van der Waals surface area contributed by atoms with Gasteiger partial charge in [0.2, 0.25) is 0 Å². The molecule has 0 radical (unpaired) electrons. The Morgan fingerprint density at radius 2 is 1.80 bits per heavy atom. The van der Waals surface area contributed by atoms with E-state index in [1.807, 2.05) is 38.1 Å². The Morgan fingerprint density at radius 1 is 1.10 bits per heavy atom. The first-order valence-electron chi connectivity index (χ1n) is 10.1. The molecule has 2 aliphatic rings. The normalized spacial score (nSPS) is 16.7. The third-order valence-corrected chi connectivity index (χ3v) is 5.54. The average molecular weight is 411 g/mol. The fraction of sp³-hybridized carbons (Fsp3) is 0.391. The predicted molar refractivity (Wildman–Crippen MR) is 113 cm³/mol. The Labute approximate surface area is 175 Å². The number of halogens is 1. The van der Waals surface area contributed by atoms with E-state index < -0.39 is 5.41 Å². The molecule has 1 fully saturated rings. The monoisotopic (exact) mass is 411 g/mol. The molecule has 2 aliphatic heterocycles. The van der Waals surface area contributed by atoms with Crippen LogP contribution in [0.25, 0.3) is 0 Å². The minimum Gasteiger partial charge on any atom is -0.469 e. The molecule has 0 N–H and O–H groups in total. The van der Waals surface area contributed by atoms with Gasteiger partial charge < -0.3 is 14.4 Å². The number of esters is 1. The third kappa shape index (κ3) is 3.89. The molecule has 0 spiro atoms. The number of fused-ring (bicyclic) bond motifs is 2. The molecule has 2 heterocycles. The van der Waals surface area contributed by atoms with Gasteiger partial charge in [0.25, 0.3) is 0 Å². The minimum absolute atomic E-state index is 0.220. The molecule has 0 atom stereocenters. The molecule has 2 aromatic rings. The van der Waals surface area contributed by atoms with E-state index in [0.717, 1.165) is 13.1 Å². The summed E-state index contributed by atoms with van der Waals surface area (Å²) in [6.45, 7) is 7.22. The number of hydrogen-bond acceptors (Lipinski definition) is 6. The van der Waals surface area contributed by atoms with Crippen LogP contribution in [-0.2, 0) is 9.53 Å². The number of methoxy groups -OCH3 is 1. The predicted octanol–water partition coefficient (Wildman–Crippen LogP) is 3.83. The first-order valence-corrected chi connectivity index (χ1v) is 10.1. The topological polar surface area (TPSA) is 54.4 Å². The van der Waals surface area contributed by atoms with E-state index in [1.54, 1.807) is 12.1 Å². The molecule has 0 aromatic heterocycles. The molecule has 0 amide bonds. The first kappa shape index (κ1) is 20.3. The molecule has 7 heteroatoms. The van der Waals surface area contributed by atoms with E-state index >= 15 is 0 Å². The molecule has 4 rings (SSSR count). The van der Waals surface area contributed by atoms with Crippen molar-refractivity contribution >= 4 is 17.5 Å². The highest BCUT2D eigenvalue weighted by atomic mass is 19.1. The van der Waals surface area contributed by atoms with Gasteiger partial charge >= 0.3 is 5.97 Å². The summed E-state index contributed by atoms with van der Waals surface area (Å²) in [6, 6.07) is 12.3. The Hall–Kier alpha value is -2.93. The number of amidine groups is 1. The van der Waals surface area contributed by atoms with E-state index in [1.165, 1.54) is 13.2 Å². The summed E-state index contributed by atoms with van der Waals surface area (Å²) in [5.74, 6) is 1.09. The highest BCUT2D eigenvalue weighted by Crippen LogP contribution is 2.39. The smallest absolute Gasteiger partial charge is 0.312 e. The van der Waals surface area contributed by atoms with Crippen LogP contribution in [0.3, 0.4) is 0 Å². The van der Waals surface area contributed by atoms with Gasteiger partial charge in [-0.25, -0.2) is 9.38 Å². The van der Waals surface area contributed by atoms with Crippen molar-refractivity contribution in [3.05, 3.63) is 53.8 Å². The standard InChI is InChI=1S/C23H26FN3O3/c1-23(2,22(28)29-3)15-26-11-13-27(14-12-26)21-20-16(24)7-6-10-19(20)30-18-9-5-4-8-17(18)25-21/h4-10H,11-15H2,1-3H3. The van der Waals surface area contributed by atoms with Crippen molar-refractivity contribution in [3.8, 4) is 11.5 Å². The summed E-state index contributed by atoms with van der Waals surface area (Å²) in [7, 11) is 1.41. The number of benzene rings is 2. The second-order valence-electron chi connectivity index (χ2n) is 8.26. The summed E-state index contributed by atoms with van der Waals surface area (Å²) in [5, 5.41) is 0. The van der Waals surface area contributed by atoms with Crippen molar-refractivity contribution in [2.45, 2.75) is 13.8 Å². The van der Waals surface area contributed by atoms with Crippen molar-refractivity contribution in [1.29, 1.82) is 0 Å². The first-order chi connectivity index (χ1) is 14.4. The van der Waals surface area contributed by atoms with Crippen molar-refractivity contribution < 1.29 is 18.7 Å². The van der Waals surface area contributed by atoms with Crippen LogP contribution >= 0.6 is 0 Å². The van der Waals surface area contributed by atoms with E-state index in [4.69, 9.17) is 14.5 Å². The van der Waals surface area contributed by atoms with Gasteiger partial charge in [-0.1, -0.05) is 18.2 Å². The van der Waals surface area contributed by atoms with Crippen LogP contribution in [0, 0.1) is 11.2 Å². The largest absolute Gasteiger partial charge is 0.469 e. The second kappa shape index (κ2) is 8.07. The molecule has 158 valence electrons. The zero-order valence-corrected chi connectivity index (χ0v) is 17.5. The molecule has 6 nitrogen and oxygen atoms in total. The molecular formula is C23H26FN3O3. The van der Waals surface area contributed by atoms with Gasteiger partial charge in [-0.05, 0) is 38.1 Å². The van der Waals surface area contributed by atoms with E-state index in [0.29, 0.717) is 48.2 Å².